The molecule has 0 bridgehead atoms. The Bertz CT molecular complexity index is 714. The smallest absolute Gasteiger partial charge is 0.234 e. The third-order valence-electron chi connectivity index (χ3n) is 5.68. The molecule has 2 heterocycles. The Morgan fingerprint density at radius 3 is 2.58 bits per heavy atom. The van der Waals surface area contributed by atoms with Gasteiger partial charge in [0.2, 0.25) is 5.91 Å². The molecule has 3 rings (SSSR count). The van der Waals surface area contributed by atoms with E-state index < -0.39 is 9.84 Å². The second kappa shape index (κ2) is 8.06. The Labute approximate surface area is 155 Å². The first-order valence-corrected chi connectivity index (χ1v) is 11.0. The van der Waals surface area contributed by atoms with Crippen LogP contribution in [0.2, 0.25) is 0 Å². The highest BCUT2D eigenvalue weighted by Crippen LogP contribution is 2.34. The van der Waals surface area contributed by atoms with Crippen molar-refractivity contribution in [3.05, 3.63) is 35.9 Å². The number of sulfone groups is 1. The zero-order valence-electron chi connectivity index (χ0n) is 15.3. The highest BCUT2D eigenvalue weighted by molar-refractivity contribution is 7.91. The molecule has 7 heteroatoms. The summed E-state index contributed by atoms with van der Waals surface area (Å²) in [6.07, 6.45) is 2.37. The Balaban J connectivity index is 1.58. The van der Waals surface area contributed by atoms with E-state index in [2.05, 4.69) is 17.4 Å². The lowest BCUT2D eigenvalue weighted by Gasteiger charge is -2.38. The number of carbonyl (C=O) groups is 1. The number of ether oxygens (including phenoxy) is 1. The molecule has 2 aliphatic rings. The van der Waals surface area contributed by atoms with Gasteiger partial charge < -0.3 is 10.1 Å². The number of nitrogens with one attached hydrogen (secondary N) is 1. The Morgan fingerprint density at radius 2 is 1.96 bits per heavy atom. The topological polar surface area (TPSA) is 75.7 Å². The van der Waals surface area contributed by atoms with Gasteiger partial charge in [-0.05, 0) is 31.9 Å². The SMILES string of the molecule is CN(CC(=O)NCC1(c2ccccc2)CCOCC1)C1CCS(=O)(=O)C1. The molecule has 2 fully saturated rings. The van der Waals surface area contributed by atoms with Gasteiger partial charge in [0.15, 0.2) is 9.84 Å². The monoisotopic (exact) mass is 380 g/mol. The van der Waals surface area contributed by atoms with Crippen LogP contribution >= 0.6 is 0 Å². The van der Waals surface area contributed by atoms with Crippen molar-refractivity contribution in [2.24, 2.45) is 0 Å². The van der Waals surface area contributed by atoms with Crippen LogP contribution in [0.1, 0.15) is 24.8 Å². The van der Waals surface area contributed by atoms with E-state index >= 15 is 0 Å². The number of carbonyl (C=O) groups excluding carboxylic acids is 1. The molecule has 0 aromatic heterocycles. The maximum atomic E-state index is 12.5. The van der Waals surface area contributed by atoms with Gasteiger partial charge in [-0.15, -0.1) is 0 Å². The Hall–Kier alpha value is -1.44. The molecule has 0 aliphatic carbocycles. The average Bonchev–Trinajstić information content (AvgIpc) is 3.02. The maximum Gasteiger partial charge on any atom is 0.234 e. The first-order chi connectivity index (χ1) is 12.4. The number of likely N-dealkylation sites (N-methyl/N-ethyl adjacent to an activating group) is 1. The summed E-state index contributed by atoms with van der Waals surface area (Å²) < 4.78 is 28.8. The minimum atomic E-state index is -2.94. The van der Waals surface area contributed by atoms with Crippen molar-refractivity contribution in [3.8, 4) is 0 Å². The van der Waals surface area contributed by atoms with Crippen molar-refractivity contribution in [3.63, 3.8) is 0 Å². The van der Waals surface area contributed by atoms with Crippen molar-refractivity contribution < 1.29 is 17.9 Å². The van der Waals surface area contributed by atoms with Gasteiger partial charge in [0, 0.05) is 31.2 Å². The predicted molar refractivity (Wildman–Crippen MR) is 101 cm³/mol. The first kappa shape index (κ1) is 19.3. The van der Waals surface area contributed by atoms with Crippen LogP contribution in [0, 0.1) is 0 Å². The van der Waals surface area contributed by atoms with Crippen LogP contribution in [0.5, 0.6) is 0 Å². The standard InChI is InChI=1S/C19H28N2O4S/c1-21(17-7-12-26(23,24)14-17)13-18(22)20-15-19(8-10-25-11-9-19)16-5-3-2-4-6-16/h2-6,17H,7-15H2,1H3,(H,20,22). The minimum absolute atomic E-state index is 0.0569. The van der Waals surface area contributed by atoms with E-state index in [1.807, 2.05) is 30.1 Å². The molecular weight excluding hydrogens is 352 g/mol. The molecule has 144 valence electrons. The summed E-state index contributed by atoms with van der Waals surface area (Å²) in [6.45, 7) is 2.20. The van der Waals surface area contributed by atoms with Crippen molar-refractivity contribution in [2.45, 2.75) is 30.7 Å². The molecule has 6 nitrogen and oxygen atoms in total. The molecule has 1 N–H and O–H groups in total. The van der Waals surface area contributed by atoms with Gasteiger partial charge in [0.1, 0.15) is 0 Å². The van der Waals surface area contributed by atoms with Gasteiger partial charge in [-0.2, -0.15) is 0 Å². The van der Waals surface area contributed by atoms with E-state index in [1.165, 1.54) is 5.56 Å². The summed E-state index contributed by atoms with van der Waals surface area (Å²) in [7, 11) is -1.11. The second-order valence-corrected chi connectivity index (χ2v) is 9.74. The Morgan fingerprint density at radius 1 is 1.27 bits per heavy atom. The van der Waals surface area contributed by atoms with E-state index in [1.54, 1.807) is 0 Å². The van der Waals surface area contributed by atoms with Gasteiger partial charge in [-0.25, -0.2) is 8.42 Å². The van der Waals surface area contributed by atoms with Crippen LogP contribution in [0.25, 0.3) is 0 Å². The van der Waals surface area contributed by atoms with E-state index in [9.17, 15) is 13.2 Å². The number of hydrogen-bond donors (Lipinski definition) is 1. The molecular formula is C19H28N2O4S. The van der Waals surface area contributed by atoms with Crippen LogP contribution < -0.4 is 5.32 Å². The van der Waals surface area contributed by atoms with Gasteiger partial charge in [-0.1, -0.05) is 30.3 Å². The van der Waals surface area contributed by atoms with E-state index in [0.29, 0.717) is 26.2 Å². The number of amides is 1. The molecule has 2 aliphatic heterocycles. The fourth-order valence-corrected chi connectivity index (χ4v) is 5.73. The third kappa shape index (κ3) is 4.64. The van der Waals surface area contributed by atoms with Crippen molar-refractivity contribution in [1.82, 2.24) is 10.2 Å². The molecule has 1 aromatic rings. The predicted octanol–water partition coefficient (Wildman–Crippen LogP) is 0.970. The molecule has 0 spiro atoms. The molecule has 1 aromatic carbocycles. The summed E-state index contributed by atoms with van der Waals surface area (Å²) in [6, 6.07) is 10.2. The van der Waals surface area contributed by atoms with Crippen LogP contribution in [0.3, 0.4) is 0 Å². The fourth-order valence-electron chi connectivity index (χ4n) is 3.92. The minimum Gasteiger partial charge on any atom is -0.381 e. The molecule has 1 unspecified atom stereocenters. The number of benzene rings is 1. The summed E-state index contributed by atoms with van der Waals surface area (Å²) in [5.74, 6) is 0.321. The normalized spacial score (nSPS) is 24.5. The van der Waals surface area contributed by atoms with Crippen LogP contribution in [0.15, 0.2) is 30.3 Å². The average molecular weight is 381 g/mol. The largest absolute Gasteiger partial charge is 0.381 e. The fraction of sp³-hybridized carbons (Fsp3) is 0.632. The highest BCUT2D eigenvalue weighted by atomic mass is 32.2. The molecule has 26 heavy (non-hydrogen) atoms. The lowest BCUT2D eigenvalue weighted by molar-refractivity contribution is -0.122. The first-order valence-electron chi connectivity index (χ1n) is 9.21. The van der Waals surface area contributed by atoms with E-state index in [0.717, 1.165) is 12.8 Å². The van der Waals surface area contributed by atoms with Crippen LogP contribution in [0.4, 0.5) is 0 Å². The van der Waals surface area contributed by atoms with Crippen molar-refractivity contribution in [1.29, 1.82) is 0 Å². The number of nitrogens with zero attached hydrogens (tertiary/aromatic N) is 1. The van der Waals surface area contributed by atoms with Crippen LogP contribution in [-0.2, 0) is 24.8 Å². The second-order valence-electron chi connectivity index (χ2n) is 7.51. The van der Waals surface area contributed by atoms with Gasteiger partial charge in [-0.3, -0.25) is 9.69 Å². The number of hydrogen-bond acceptors (Lipinski definition) is 5. The highest BCUT2D eigenvalue weighted by Gasteiger charge is 2.35. The Kier molecular flexibility index (Phi) is 5.99. The van der Waals surface area contributed by atoms with Crippen molar-refractivity contribution in [2.75, 3.05) is 44.9 Å². The third-order valence-corrected chi connectivity index (χ3v) is 7.44. The summed E-state index contributed by atoms with van der Waals surface area (Å²) >= 11 is 0. The zero-order chi connectivity index (χ0) is 18.6. The van der Waals surface area contributed by atoms with Gasteiger partial charge in [0.05, 0.1) is 18.1 Å². The van der Waals surface area contributed by atoms with Gasteiger partial charge >= 0.3 is 0 Å². The van der Waals surface area contributed by atoms with E-state index in [4.69, 9.17) is 4.74 Å². The molecule has 2 saturated heterocycles. The lowest BCUT2D eigenvalue weighted by Crippen LogP contribution is -2.47. The summed E-state index contributed by atoms with van der Waals surface area (Å²) in [5.41, 5.74) is 1.14. The van der Waals surface area contributed by atoms with E-state index in [-0.39, 0.29) is 35.4 Å². The number of rotatable bonds is 6. The molecule has 1 amide bonds. The molecule has 1 atom stereocenters. The molecule has 0 radical (unpaired) electrons. The summed E-state index contributed by atoms with van der Waals surface area (Å²) in [5, 5.41) is 3.08. The maximum absolute atomic E-state index is 12.5. The van der Waals surface area contributed by atoms with Gasteiger partial charge in [0.25, 0.3) is 0 Å². The quantitative estimate of drug-likeness (QED) is 0.796. The van der Waals surface area contributed by atoms with Crippen molar-refractivity contribution >= 4 is 15.7 Å². The zero-order valence-corrected chi connectivity index (χ0v) is 16.1. The lowest BCUT2D eigenvalue weighted by atomic mass is 9.74. The summed E-state index contributed by atoms with van der Waals surface area (Å²) in [4.78, 5) is 14.3. The molecule has 0 saturated carbocycles. The van der Waals surface area contributed by atoms with Crippen LogP contribution in [-0.4, -0.2) is 70.1 Å².